The lowest BCUT2D eigenvalue weighted by Crippen LogP contribution is -2.43. The number of ketones is 1. The molecule has 1 aliphatic rings. The molecule has 3 rings (SSSR count). The summed E-state index contributed by atoms with van der Waals surface area (Å²) in [5.74, 6) is -1.32. The van der Waals surface area contributed by atoms with Gasteiger partial charge in [-0.3, -0.25) is 9.59 Å². The molecule has 3 N–H and O–H groups in total. The number of carboxylic acid groups (broad SMARTS) is 1. The second kappa shape index (κ2) is 15.8. The average molecular weight is 546 g/mol. The van der Waals surface area contributed by atoms with Gasteiger partial charge in [-0.2, -0.15) is 0 Å². The highest BCUT2D eigenvalue weighted by atomic mass is 19.1. The maximum Gasteiger partial charge on any atom is 0.315 e. The molecule has 212 valence electrons. The number of carbonyl (C=O) groups is 3. The first-order valence-corrected chi connectivity index (χ1v) is 13.7. The molecule has 1 saturated carbocycles. The van der Waals surface area contributed by atoms with E-state index in [1.165, 1.54) is 24.3 Å². The van der Waals surface area contributed by atoms with Gasteiger partial charge in [0.1, 0.15) is 17.4 Å². The number of aromatic nitrogens is 1. The smallest absolute Gasteiger partial charge is 0.315 e. The molecule has 0 spiro atoms. The lowest BCUT2D eigenvalue weighted by atomic mass is 9.83. The van der Waals surface area contributed by atoms with Crippen LogP contribution in [-0.4, -0.2) is 40.5 Å². The summed E-state index contributed by atoms with van der Waals surface area (Å²) in [6, 6.07) is 6.36. The number of Topliss-reactive ketones (excluding diaryl/α,β-unsaturated/α-hetero) is 1. The van der Waals surface area contributed by atoms with Crippen molar-refractivity contribution in [3.05, 3.63) is 53.7 Å². The molecule has 1 fully saturated rings. The Balaban J connectivity index is 1.32. The van der Waals surface area contributed by atoms with Gasteiger partial charge in [-0.1, -0.05) is 19.3 Å². The third-order valence-corrected chi connectivity index (χ3v) is 6.95. The molecule has 1 heterocycles. The molecule has 0 aliphatic heterocycles. The van der Waals surface area contributed by atoms with Gasteiger partial charge in [0.25, 0.3) is 0 Å². The molecule has 0 saturated heterocycles. The second-order valence-corrected chi connectivity index (χ2v) is 10.1. The molecule has 0 unspecified atom stereocenters. The summed E-state index contributed by atoms with van der Waals surface area (Å²) < 4.78 is 32.6. The van der Waals surface area contributed by atoms with Crippen molar-refractivity contribution in [3.8, 4) is 11.6 Å². The lowest BCUT2D eigenvalue weighted by Gasteiger charge is -2.29. The first-order valence-electron chi connectivity index (χ1n) is 13.7. The first-order chi connectivity index (χ1) is 18.8. The Morgan fingerprint density at radius 3 is 2.36 bits per heavy atom. The number of pyridine rings is 1. The molecule has 0 radical (unpaired) electrons. The minimum absolute atomic E-state index is 0.00365. The summed E-state index contributed by atoms with van der Waals surface area (Å²) in [6.45, 7) is 0.569. The van der Waals surface area contributed by atoms with Crippen molar-refractivity contribution >= 4 is 17.8 Å². The zero-order chi connectivity index (χ0) is 28.0. The van der Waals surface area contributed by atoms with Crippen molar-refractivity contribution in [1.29, 1.82) is 0 Å². The molecule has 0 atom stereocenters. The maximum atomic E-state index is 13.8. The quantitative estimate of drug-likeness (QED) is 0.176. The molecular weight excluding hydrogens is 508 g/mol. The van der Waals surface area contributed by atoms with E-state index in [9.17, 15) is 23.2 Å². The van der Waals surface area contributed by atoms with Crippen LogP contribution in [0.3, 0.4) is 0 Å². The number of benzene rings is 1. The number of unbranched alkanes of at least 4 members (excludes halogenated alkanes) is 3. The van der Waals surface area contributed by atoms with E-state index in [0.29, 0.717) is 31.1 Å². The first kappa shape index (κ1) is 30.0. The van der Waals surface area contributed by atoms with Gasteiger partial charge < -0.3 is 20.5 Å². The SMILES string of the molecule is O=C(O)CCCCCCNC(=O)NC1CCC(CCCC(=O)c2cc(F)cnc2Oc2ccc(F)cc2)CC1. The standard InChI is InChI=1S/C29H37F2N3O5/c30-21-11-15-24(16-12-21)39-28-25(18-22(31)19-33-28)26(35)7-5-6-20-9-13-23(14-10-20)34-29(38)32-17-4-2-1-3-8-27(36)37/h11-12,15-16,18-20,23H,1-10,13-14,17H2,(H,36,37)(H2,32,34,38). The Bertz CT molecular complexity index is 1090. The zero-order valence-electron chi connectivity index (χ0n) is 22.1. The van der Waals surface area contributed by atoms with Gasteiger partial charge in [-0.05, 0) is 81.2 Å². The molecule has 1 aliphatic carbocycles. The number of aliphatic carboxylic acids is 1. The summed E-state index contributed by atoms with van der Waals surface area (Å²) in [4.78, 5) is 39.4. The lowest BCUT2D eigenvalue weighted by molar-refractivity contribution is -0.137. The van der Waals surface area contributed by atoms with Gasteiger partial charge in [0.2, 0.25) is 5.88 Å². The van der Waals surface area contributed by atoms with Crippen LogP contribution in [0.5, 0.6) is 11.6 Å². The van der Waals surface area contributed by atoms with Crippen molar-refractivity contribution in [3.63, 3.8) is 0 Å². The minimum atomic E-state index is -0.777. The van der Waals surface area contributed by atoms with Crippen LogP contribution in [0.4, 0.5) is 13.6 Å². The van der Waals surface area contributed by atoms with Crippen molar-refractivity contribution < 1.29 is 33.0 Å². The number of halogens is 2. The van der Waals surface area contributed by atoms with E-state index in [-0.39, 0.29) is 42.1 Å². The summed E-state index contributed by atoms with van der Waals surface area (Å²) in [5.41, 5.74) is 0.0681. The highest BCUT2D eigenvalue weighted by molar-refractivity contribution is 5.98. The third kappa shape index (κ3) is 11.0. The zero-order valence-corrected chi connectivity index (χ0v) is 22.1. The van der Waals surface area contributed by atoms with Crippen LogP contribution < -0.4 is 15.4 Å². The highest BCUT2D eigenvalue weighted by Crippen LogP contribution is 2.30. The Morgan fingerprint density at radius 2 is 1.64 bits per heavy atom. The average Bonchev–Trinajstić information content (AvgIpc) is 2.91. The predicted molar refractivity (Wildman–Crippen MR) is 142 cm³/mol. The largest absolute Gasteiger partial charge is 0.481 e. The number of hydrogen-bond acceptors (Lipinski definition) is 5. The van der Waals surface area contributed by atoms with Gasteiger partial charge in [0.15, 0.2) is 5.78 Å². The molecule has 2 amide bonds. The number of ether oxygens (including phenoxy) is 1. The Labute approximate surface area is 227 Å². The summed E-state index contributed by atoms with van der Waals surface area (Å²) in [7, 11) is 0. The monoisotopic (exact) mass is 545 g/mol. The Hall–Kier alpha value is -3.56. The van der Waals surface area contributed by atoms with E-state index in [1.54, 1.807) is 0 Å². The van der Waals surface area contributed by atoms with Gasteiger partial charge in [0.05, 0.1) is 11.8 Å². The predicted octanol–water partition coefficient (Wildman–Crippen LogP) is 6.40. The number of carbonyl (C=O) groups excluding carboxylic acids is 2. The Kier molecular flexibility index (Phi) is 12.1. The van der Waals surface area contributed by atoms with Crippen molar-refractivity contribution in [1.82, 2.24) is 15.6 Å². The van der Waals surface area contributed by atoms with Crippen LogP contribution in [0.1, 0.15) is 87.4 Å². The molecule has 8 nitrogen and oxygen atoms in total. The molecule has 2 aromatic rings. The number of carboxylic acids is 1. The third-order valence-electron chi connectivity index (χ3n) is 6.95. The molecule has 10 heteroatoms. The highest BCUT2D eigenvalue weighted by Gasteiger charge is 2.23. The van der Waals surface area contributed by atoms with Crippen LogP contribution in [0.2, 0.25) is 0 Å². The van der Waals surface area contributed by atoms with Crippen LogP contribution in [0.15, 0.2) is 36.5 Å². The maximum absolute atomic E-state index is 13.8. The number of nitrogens with one attached hydrogen (secondary N) is 2. The van der Waals surface area contributed by atoms with E-state index >= 15 is 0 Å². The normalized spacial score (nSPS) is 16.9. The summed E-state index contributed by atoms with van der Waals surface area (Å²) in [5, 5.41) is 14.5. The van der Waals surface area contributed by atoms with E-state index in [4.69, 9.17) is 9.84 Å². The van der Waals surface area contributed by atoms with Crippen molar-refractivity contribution in [2.75, 3.05) is 6.54 Å². The number of urea groups is 1. The number of hydrogen-bond donors (Lipinski definition) is 3. The van der Waals surface area contributed by atoms with E-state index in [0.717, 1.165) is 63.6 Å². The van der Waals surface area contributed by atoms with Gasteiger partial charge >= 0.3 is 12.0 Å². The van der Waals surface area contributed by atoms with Gasteiger partial charge in [-0.15, -0.1) is 0 Å². The van der Waals surface area contributed by atoms with Crippen LogP contribution in [0, 0.1) is 17.6 Å². The number of rotatable bonds is 15. The van der Waals surface area contributed by atoms with E-state index < -0.39 is 17.6 Å². The molecule has 0 bridgehead atoms. The van der Waals surface area contributed by atoms with Crippen molar-refractivity contribution in [2.45, 2.75) is 83.1 Å². The van der Waals surface area contributed by atoms with E-state index in [1.807, 2.05) is 0 Å². The summed E-state index contributed by atoms with van der Waals surface area (Å²) >= 11 is 0. The fraction of sp³-hybridized carbons (Fsp3) is 0.517. The molecular formula is C29H37F2N3O5. The minimum Gasteiger partial charge on any atom is -0.481 e. The van der Waals surface area contributed by atoms with E-state index in [2.05, 4.69) is 15.6 Å². The molecule has 1 aromatic heterocycles. The summed E-state index contributed by atoms with van der Waals surface area (Å²) in [6.07, 6.45) is 9.82. The molecule has 1 aromatic carbocycles. The van der Waals surface area contributed by atoms with Crippen molar-refractivity contribution in [2.24, 2.45) is 5.92 Å². The Morgan fingerprint density at radius 1 is 0.923 bits per heavy atom. The van der Waals surface area contributed by atoms with Gasteiger partial charge in [-0.25, -0.2) is 18.6 Å². The van der Waals surface area contributed by atoms with Crippen LogP contribution >= 0.6 is 0 Å². The fourth-order valence-corrected chi connectivity index (χ4v) is 4.80. The van der Waals surface area contributed by atoms with Crippen LogP contribution in [0.25, 0.3) is 0 Å². The molecule has 39 heavy (non-hydrogen) atoms. The number of amides is 2. The fourth-order valence-electron chi connectivity index (χ4n) is 4.80. The van der Waals surface area contributed by atoms with Gasteiger partial charge in [0, 0.05) is 25.4 Å². The second-order valence-electron chi connectivity index (χ2n) is 10.1. The topological polar surface area (TPSA) is 118 Å². The number of nitrogens with zero attached hydrogens (tertiary/aromatic N) is 1. The van der Waals surface area contributed by atoms with Crippen LogP contribution in [-0.2, 0) is 4.79 Å².